The lowest BCUT2D eigenvalue weighted by Gasteiger charge is -2.10. The van der Waals surface area contributed by atoms with Crippen LogP contribution in [0.5, 0.6) is 0 Å². The van der Waals surface area contributed by atoms with Crippen molar-refractivity contribution in [2.45, 2.75) is 0 Å². The maximum Gasteiger partial charge on any atom is 0.214 e. The molecule has 0 aliphatic heterocycles. The van der Waals surface area contributed by atoms with E-state index in [4.69, 9.17) is 9.97 Å². The number of fused-ring (bicyclic) bond motifs is 5. The van der Waals surface area contributed by atoms with E-state index >= 15 is 0 Å². The zero-order valence-electron chi connectivity index (χ0n) is 12.8. The first-order chi connectivity index (χ1) is 11.9. The summed E-state index contributed by atoms with van der Waals surface area (Å²) in [4.78, 5) is 9.66. The molecule has 0 amide bonds. The van der Waals surface area contributed by atoms with Crippen LogP contribution in [0.15, 0.2) is 78.9 Å². The molecule has 3 aromatic carbocycles. The predicted octanol–water partition coefficient (Wildman–Crippen LogP) is 4.78. The number of hydrogen-bond acceptors (Lipinski definition) is 3. The van der Waals surface area contributed by atoms with Crippen LogP contribution < -0.4 is 5.32 Å². The van der Waals surface area contributed by atoms with Crippen molar-refractivity contribution in [3.63, 3.8) is 0 Å². The molecular formula is C20H14N4. The molecule has 0 atom stereocenters. The van der Waals surface area contributed by atoms with E-state index in [2.05, 4.69) is 21.9 Å². The minimum atomic E-state index is 0.767. The third-order valence-corrected chi connectivity index (χ3v) is 4.17. The molecular weight excluding hydrogens is 296 g/mol. The van der Waals surface area contributed by atoms with E-state index in [0.29, 0.717) is 0 Å². The molecule has 114 valence electrons. The molecule has 0 bridgehead atoms. The van der Waals surface area contributed by atoms with Gasteiger partial charge in [-0.15, -0.1) is 0 Å². The summed E-state index contributed by atoms with van der Waals surface area (Å²) in [5.41, 5.74) is 4.86. The predicted molar refractivity (Wildman–Crippen MR) is 97.7 cm³/mol. The second-order valence-corrected chi connectivity index (χ2v) is 5.70. The largest absolute Gasteiger partial charge is 0.325 e. The van der Waals surface area contributed by atoms with Gasteiger partial charge in [0.15, 0.2) is 0 Å². The molecule has 5 aromatic rings. The van der Waals surface area contributed by atoms with E-state index in [0.717, 1.165) is 39.2 Å². The summed E-state index contributed by atoms with van der Waals surface area (Å²) >= 11 is 0. The van der Waals surface area contributed by atoms with Gasteiger partial charge in [-0.2, -0.15) is 0 Å². The van der Waals surface area contributed by atoms with Gasteiger partial charge in [-0.05, 0) is 36.4 Å². The fourth-order valence-corrected chi connectivity index (χ4v) is 3.08. The van der Waals surface area contributed by atoms with Crippen LogP contribution in [-0.4, -0.2) is 14.4 Å². The summed E-state index contributed by atoms with van der Waals surface area (Å²) in [5, 5.41) is 4.48. The highest BCUT2D eigenvalue weighted by molar-refractivity contribution is 5.97. The number of aromatic nitrogens is 3. The van der Waals surface area contributed by atoms with Crippen molar-refractivity contribution in [2.75, 3.05) is 5.32 Å². The molecule has 0 spiro atoms. The van der Waals surface area contributed by atoms with Crippen molar-refractivity contribution in [1.29, 1.82) is 0 Å². The van der Waals surface area contributed by atoms with Crippen LogP contribution in [0.4, 0.5) is 11.6 Å². The van der Waals surface area contributed by atoms with E-state index in [-0.39, 0.29) is 0 Å². The summed E-state index contributed by atoms with van der Waals surface area (Å²) in [7, 11) is 0. The summed E-state index contributed by atoms with van der Waals surface area (Å²) in [5.74, 6) is 0.767. The van der Waals surface area contributed by atoms with Crippen LogP contribution in [0.3, 0.4) is 0 Å². The zero-order valence-corrected chi connectivity index (χ0v) is 12.8. The molecule has 4 heteroatoms. The number of anilines is 2. The molecule has 0 aliphatic rings. The van der Waals surface area contributed by atoms with Crippen LogP contribution >= 0.6 is 0 Å². The van der Waals surface area contributed by atoms with Gasteiger partial charge in [0, 0.05) is 11.1 Å². The van der Waals surface area contributed by atoms with Gasteiger partial charge in [-0.1, -0.05) is 42.5 Å². The number of hydrogen-bond donors (Lipinski definition) is 1. The molecule has 4 nitrogen and oxygen atoms in total. The molecule has 0 aliphatic carbocycles. The van der Waals surface area contributed by atoms with Gasteiger partial charge >= 0.3 is 0 Å². The number of nitrogens with one attached hydrogen (secondary N) is 1. The minimum absolute atomic E-state index is 0.767. The second kappa shape index (κ2) is 5.06. The lowest BCUT2D eigenvalue weighted by molar-refractivity contribution is 1.15. The van der Waals surface area contributed by atoms with Gasteiger partial charge in [0.1, 0.15) is 5.65 Å². The van der Waals surface area contributed by atoms with Crippen molar-refractivity contribution in [1.82, 2.24) is 14.4 Å². The molecule has 0 unspecified atom stereocenters. The Morgan fingerprint density at radius 1 is 0.667 bits per heavy atom. The monoisotopic (exact) mass is 310 g/mol. The van der Waals surface area contributed by atoms with Crippen molar-refractivity contribution in [3.05, 3.63) is 78.9 Å². The van der Waals surface area contributed by atoms with Crippen LogP contribution in [-0.2, 0) is 0 Å². The fraction of sp³-hybridized carbons (Fsp3) is 0. The van der Waals surface area contributed by atoms with E-state index in [1.165, 1.54) is 0 Å². The SMILES string of the molecule is c1ccc(Nc2nc3ccccc3c3nc4ccccc4n23)cc1. The lowest BCUT2D eigenvalue weighted by atomic mass is 10.2. The first kappa shape index (κ1) is 13.1. The number of benzene rings is 3. The van der Waals surface area contributed by atoms with E-state index in [9.17, 15) is 0 Å². The Kier molecular flexibility index (Phi) is 2.76. The minimum Gasteiger partial charge on any atom is -0.325 e. The highest BCUT2D eigenvalue weighted by Crippen LogP contribution is 2.27. The molecule has 1 N–H and O–H groups in total. The van der Waals surface area contributed by atoms with Gasteiger partial charge < -0.3 is 5.32 Å². The number of para-hydroxylation sites is 4. The van der Waals surface area contributed by atoms with E-state index in [1.807, 2.05) is 66.7 Å². The van der Waals surface area contributed by atoms with E-state index < -0.39 is 0 Å². The zero-order chi connectivity index (χ0) is 15.9. The molecule has 0 fully saturated rings. The molecule has 0 radical (unpaired) electrons. The third kappa shape index (κ3) is 1.93. The molecule has 0 saturated heterocycles. The van der Waals surface area contributed by atoms with Crippen LogP contribution in [0, 0.1) is 0 Å². The lowest BCUT2D eigenvalue weighted by Crippen LogP contribution is -2.02. The Labute approximate surface area is 138 Å². The maximum atomic E-state index is 4.83. The third-order valence-electron chi connectivity index (χ3n) is 4.17. The molecule has 0 saturated carbocycles. The Bertz CT molecular complexity index is 1180. The van der Waals surface area contributed by atoms with Crippen LogP contribution in [0.1, 0.15) is 0 Å². The molecule has 2 aromatic heterocycles. The van der Waals surface area contributed by atoms with Crippen molar-refractivity contribution < 1.29 is 0 Å². The average Bonchev–Trinajstić information content (AvgIpc) is 3.03. The van der Waals surface area contributed by atoms with Gasteiger partial charge in [0.05, 0.1) is 16.6 Å². The van der Waals surface area contributed by atoms with Gasteiger partial charge in [-0.3, -0.25) is 4.40 Å². The summed E-state index contributed by atoms with van der Waals surface area (Å²) in [6, 6.07) is 26.3. The highest BCUT2D eigenvalue weighted by atomic mass is 15.2. The Morgan fingerprint density at radius 2 is 1.38 bits per heavy atom. The standard InChI is InChI=1S/C20H14N4/c1-2-8-14(9-3-1)21-20-23-16-11-5-4-10-15(16)19-22-17-12-6-7-13-18(17)24(19)20/h1-13H,(H,21,23). The number of nitrogens with zero attached hydrogens (tertiary/aromatic N) is 3. The van der Waals surface area contributed by atoms with Gasteiger partial charge in [0.25, 0.3) is 0 Å². The second-order valence-electron chi connectivity index (χ2n) is 5.70. The number of rotatable bonds is 2. The normalized spacial score (nSPS) is 11.3. The van der Waals surface area contributed by atoms with Crippen molar-refractivity contribution in [2.24, 2.45) is 0 Å². The summed E-state index contributed by atoms with van der Waals surface area (Å²) in [6.07, 6.45) is 0. The smallest absolute Gasteiger partial charge is 0.214 e. The Hall–Kier alpha value is -3.40. The molecule has 24 heavy (non-hydrogen) atoms. The molecule has 5 rings (SSSR count). The topological polar surface area (TPSA) is 42.2 Å². The van der Waals surface area contributed by atoms with Gasteiger partial charge in [0.2, 0.25) is 5.95 Å². The Morgan fingerprint density at radius 3 is 2.25 bits per heavy atom. The average molecular weight is 310 g/mol. The quantitative estimate of drug-likeness (QED) is 0.510. The Balaban J connectivity index is 1.89. The van der Waals surface area contributed by atoms with Crippen molar-refractivity contribution in [3.8, 4) is 0 Å². The molecule has 2 heterocycles. The first-order valence-corrected chi connectivity index (χ1v) is 7.88. The summed E-state index contributed by atoms with van der Waals surface area (Å²) < 4.78 is 2.09. The van der Waals surface area contributed by atoms with E-state index in [1.54, 1.807) is 0 Å². The fourth-order valence-electron chi connectivity index (χ4n) is 3.08. The number of imidazole rings is 1. The van der Waals surface area contributed by atoms with Gasteiger partial charge in [-0.25, -0.2) is 9.97 Å². The highest BCUT2D eigenvalue weighted by Gasteiger charge is 2.13. The maximum absolute atomic E-state index is 4.83. The summed E-state index contributed by atoms with van der Waals surface area (Å²) in [6.45, 7) is 0. The van der Waals surface area contributed by atoms with Crippen molar-refractivity contribution >= 4 is 39.2 Å². The van der Waals surface area contributed by atoms with Crippen LogP contribution in [0.2, 0.25) is 0 Å². The van der Waals surface area contributed by atoms with Crippen LogP contribution in [0.25, 0.3) is 27.6 Å². The first-order valence-electron chi connectivity index (χ1n) is 7.88.